The molecule has 0 unspecified atom stereocenters. The third-order valence-corrected chi connectivity index (χ3v) is 4.63. The molecule has 1 aliphatic rings. The fourth-order valence-electron chi connectivity index (χ4n) is 3.27. The van der Waals surface area contributed by atoms with Crippen molar-refractivity contribution in [2.75, 3.05) is 25.5 Å². The predicted octanol–water partition coefficient (Wildman–Crippen LogP) is 1.40. The fraction of sp³-hybridized carbons (Fsp3) is 0.529. The van der Waals surface area contributed by atoms with Crippen LogP contribution in [0.25, 0.3) is 0 Å². The Morgan fingerprint density at radius 3 is 2.79 bits per heavy atom. The Kier molecular flexibility index (Phi) is 4.51. The summed E-state index contributed by atoms with van der Waals surface area (Å²) in [7, 11) is 3.96. The normalized spacial score (nSPS) is 13.8. The molecular weight excluding hydrogens is 304 g/mol. The minimum Gasteiger partial charge on any atom is -0.362 e. The first-order valence-corrected chi connectivity index (χ1v) is 8.25. The second-order valence-electron chi connectivity index (χ2n) is 6.49. The smallest absolute Gasteiger partial charge is 0.223 e. The molecule has 0 aliphatic carbocycles. The number of carbonyl (C=O) groups excluding carboxylic acids is 1. The third kappa shape index (κ3) is 3.11. The maximum absolute atomic E-state index is 12.6. The summed E-state index contributed by atoms with van der Waals surface area (Å²) in [6, 6.07) is 0. The van der Waals surface area contributed by atoms with Crippen LogP contribution in [0, 0.1) is 13.8 Å². The summed E-state index contributed by atoms with van der Waals surface area (Å²) in [4.78, 5) is 25.2. The Labute approximate surface area is 142 Å². The molecule has 7 nitrogen and oxygen atoms in total. The molecule has 0 saturated heterocycles. The van der Waals surface area contributed by atoms with Crippen molar-refractivity contribution < 1.29 is 4.79 Å². The Hall–Kier alpha value is -2.44. The van der Waals surface area contributed by atoms with Crippen LogP contribution in [0.2, 0.25) is 0 Å². The zero-order valence-electron chi connectivity index (χ0n) is 14.8. The van der Waals surface area contributed by atoms with Crippen molar-refractivity contribution in [3.63, 3.8) is 0 Å². The van der Waals surface area contributed by atoms with Crippen molar-refractivity contribution in [3.05, 3.63) is 34.5 Å². The molecule has 0 radical (unpaired) electrons. The summed E-state index contributed by atoms with van der Waals surface area (Å²) >= 11 is 0. The minimum absolute atomic E-state index is 0.172. The number of hydrogen-bond acceptors (Lipinski definition) is 5. The van der Waals surface area contributed by atoms with Gasteiger partial charge in [-0.25, -0.2) is 9.97 Å². The van der Waals surface area contributed by atoms with Crippen LogP contribution in [-0.2, 0) is 24.2 Å². The molecule has 0 atom stereocenters. The van der Waals surface area contributed by atoms with E-state index in [1.807, 2.05) is 37.7 Å². The molecule has 0 spiro atoms. The largest absolute Gasteiger partial charge is 0.362 e. The third-order valence-electron chi connectivity index (χ3n) is 4.63. The molecule has 2 aromatic rings. The van der Waals surface area contributed by atoms with Crippen LogP contribution in [0.15, 0.2) is 6.33 Å². The summed E-state index contributed by atoms with van der Waals surface area (Å²) in [6.07, 6.45) is 3.62. The number of H-pyrrole nitrogens is 1. The number of aromatic amines is 1. The van der Waals surface area contributed by atoms with Crippen molar-refractivity contribution in [1.29, 1.82) is 0 Å². The summed E-state index contributed by atoms with van der Waals surface area (Å²) in [5, 5.41) is 7.16. The summed E-state index contributed by atoms with van der Waals surface area (Å²) < 4.78 is 0. The quantitative estimate of drug-likeness (QED) is 0.918. The van der Waals surface area contributed by atoms with Crippen molar-refractivity contribution in [2.24, 2.45) is 0 Å². The average molecular weight is 328 g/mol. The molecule has 128 valence electrons. The summed E-state index contributed by atoms with van der Waals surface area (Å²) in [5.41, 5.74) is 5.30. The maximum Gasteiger partial charge on any atom is 0.223 e. The Balaban J connectivity index is 1.67. The van der Waals surface area contributed by atoms with Gasteiger partial charge in [-0.3, -0.25) is 9.89 Å². The van der Waals surface area contributed by atoms with Crippen LogP contribution in [-0.4, -0.2) is 51.6 Å². The van der Waals surface area contributed by atoms with E-state index in [0.717, 1.165) is 53.4 Å². The van der Waals surface area contributed by atoms with Gasteiger partial charge in [0.05, 0.1) is 17.9 Å². The second-order valence-corrected chi connectivity index (χ2v) is 6.49. The van der Waals surface area contributed by atoms with E-state index in [-0.39, 0.29) is 5.91 Å². The zero-order valence-corrected chi connectivity index (χ0v) is 14.8. The van der Waals surface area contributed by atoms with Crippen LogP contribution in [0.3, 0.4) is 0 Å². The summed E-state index contributed by atoms with van der Waals surface area (Å²) in [6.45, 7) is 5.26. The highest BCUT2D eigenvalue weighted by atomic mass is 16.2. The number of nitrogens with one attached hydrogen (secondary N) is 1. The maximum atomic E-state index is 12.6. The molecule has 0 bridgehead atoms. The molecule has 3 heterocycles. The van der Waals surface area contributed by atoms with Crippen LogP contribution in [0.5, 0.6) is 0 Å². The van der Waals surface area contributed by atoms with Gasteiger partial charge in [0.25, 0.3) is 0 Å². The van der Waals surface area contributed by atoms with Gasteiger partial charge in [-0.15, -0.1) is 0 Å². The van der Waals surface area contributed by atoms with Gasteiger partial charge in [0.1, 0.15) is 12.1 Å². The van der Waals surface area contributed by atoms with Crippen molar-refractivity contribution in [3.8, 4) is 0 Å². The fourth-order valence-corrected chi connectivity index (χ4v) is 3.27. The Morgan fingerprint density at radius 1 is 1.33 bits per heavy atom. The van der Waals surface area contributed by atoms with E-state index in [1.54, 1.807) is 6.33 Å². The minimum atomic E-state index is 0.172. The van der Waals surface area contributed by atoms with Crippen molar-refractivity contribution in [2.45, 2.75) is 39.7 Å². The molecule has 1 aliphatic heterocycles. The van der Waals surface area contributed by atoms with E-state index in [4.69, 9.17) is 0 Å². The van der Waals surface area contributed by atoms with Gasteiger partial charge in [-0.1, -0.05) is 0 Å². The van der Waals surface area contributed by atoms with E-state index < -0.39 is 0 Å². The van der Waals surface area contributed by atoms with Gasteiger partial charge < -0.3 is 9.80 Å². The highest BCUT2D eigenvalue weighted by Crippen LogP contribution is 2.24. The number of aromatic nitrogens is 4. The second kappa shape index (κ2) is 6.59. The number of carbonyl (C=O) groups is 1. The highest BCUT2D eigenvalue weighted by Gasteiger charge is 2.24. The number of fused-ring (bicyclic) bond motifs is 1. The van der Waals surface area contributed by atoms with Gasteiger partial charge in [0, 0.05) is 38.3 Å². The van der Waals surface area contributed by atoms with Crippen molar-refractivity contribution in [1.82, 2.24) is 25.1 Å². The lowest BCUT2D eigenvalue weighted by Crippen LogP contribution is -2.37. The first kappa shape index (κ1) is 16.4. The topological polar surface area (TPSA) is 78.0 Å². The van der Waals surface area contributed by atoms with Crippen LogP contribution in [0.4, 0.5) is 5.82 Å². The molecule has 0 aromatic carbocycles. The molecule has 1 amide bonds. The van der Waals surface area contributed by atoms with Gasteiger partial charge >= 0.3 is 0 Å². The van der Waals surface area contributed by atoms with Gasteiger partial charge in [-0.2, -0.15) is 5.10 Å². The van der Waals surface area contributed by atoms with E-state index in [1.165, 1.54) is 0 Å². The lowest BCUT2D eigenvalue weighted by atomic mass is 10.0. The lowest BCUT2D eigenvalue weighted by Gasteiger charge is -2.30. The standard InChI is InChI=1S/C17H24N6O/c1-11-13(12(2)21-20-11)5-6-16(24)23-8-7-14-15(9-23)18-10-19-17(14)22(3)4/h10H,5-9H2,1-4H3,(H,20,21). The van der Waals surface area contributed by atoms with Crippen LogP contribution >= 0.6 is 0 Å². The highest BCUT2D eigenvalue weighted by molar-refractivity contribution is 5.77. The first-order chi connectivity index (χ1) is 11.5. The van der Waals surface area contributed by atoms with E-state index in [0.29, 0.717) is 13.0 Å². The number of anilines is 1. The van der Waals surface area contributed by atoms with Gasteiger partial charge in [0.15, 0.2) is 0 Å². The number of rotatable bonds is 4. The molecule has 1 N–H and O–H groups in total. The Bertz CT molecular complexity index is 732. The zero-order chi connectivity index (χ0) is 17.3. The number of amides is 1. The molecule has 24 heavy (non-hydrogen) atoms. The van der Waals surface area contributed by atoms with Gasteiger partial charge in [0.2, 0.25) is 5.91 Å². The first-order valence-electron chi connectivity index (χ1n) is 8.25. The van der Waals surface area contributed by atoms with Crippen LogP contribution < -0.4 is 4.90 Å². The molecule has 2 aromatic heterocycles. The molecule has 3 rings (SSSR count). The monoisotopic (exact) mass is 328 g/mol. The van der Waals surface area contributed by atoms with E-state index in [9.17, 15) is 4.79 Å². The number of aryl methyl sites for hydroxylation is 2. The van der Waals surface area contributed by atoms with E-state index in [2.05, 4.69) is 20.2 Å². The molecular formula is C17H24N6O. The summed E-state index contributed by atoms with van der Waals surface area (Å²) in [5.74, 6) is 1.13. The average Bonchev–Trinajstić information content (AvgIpc) is 2.89. The lowest BCUT2D eigenvalue weighted by molar-refractivity contribution is -0.132. The molecule has 0 fully saturated rings. The molecule has 7 heteroatoms. The van der Waals surface area contributed by atoms with Gasteiger partial charge in [-0.05, 0) is 32.3 Å². The Morgan fingerprint density at radius 2 is 2.12 bits per heavy atom. The molecule has 0 saturated carbocycles. The van der Waals surface area contributed by atoms with E-state index >= 15 is 0 Å². The number of hydrogen-bond donors (Lipinski definition) is 1. The van der Waals surface area contributed by atoms with Crippen LogP contribution in [0.1, 0.15) is 34.6 Å². The number of nitrogens with zero attached hydrogens (tertiary/aromatic N) is 5. The predicted molar refractivity (Wildman–Crippen MR) is 91.9 cm³/mol. The SMILES string of the molecule is Cc1n[nH]c(C)c1CCC(=O)N1CCc2c(ncnc2N(C)C)C1. The van der Waals surface area contributed by atoms with Crippen molar-refractivity contribution >= 4 is 11.7 Å².